The topological polar surface area (TPSA) is 84.3 Å². The average molecular weight is 402 g/mol. The third kappa shape index (κ3) is 4.48. The molecule has 0 unspecified atom stereocenters. The highest BCUT2D eigenvalue weighted by Gasteiger charge is 2.34. The molecule has 0 spiro atoms. The molecule has 28 heavy (non-hydrogen) atoms. The second kappa shape index (κ2) is 8.39. The molecule has 1 saturated heterocycles. The lowest BCUT2D eigenvalue weighted by atomic mass is 10.2. The van der Waals surface area contributed by atoms with E-state index in [2.05, 4.69) is 10.4 Å². The van der Waals surface area contributed by atoms with Gasteiger partial charge in [0.05, 0.1) is 10.6 Å². The highest BCUT2D eigenvalue weighted by molar-refractivity contribution is 8.18. The largest absolute Gasteiger partial charge is 0.353 e. The molecule has 0 radical (unpaired) electrons. The summed E-state index contributed by atoms with van der Waals surface area (Å²) in [6, 6.07) is 7.89. The minimum absolute atomic E-state index is 0.0438. The number of imide groups is 1. The van der Waals surface area contributed by atoms with E-state index in [-0.39, 0.29) is 36.0 Å². The van der Waals surface area contributed by atoms with Gasteiger partial charge < -0.3 is 5.32 Å². The molecule has 2 aromatic rings. The SMILES string of the molecule is Cc1cc(C)n(CC(=O)NCCN2C(=O)SC(=Cc3ccccc3F)C2=O)n1. The van der Waals surface area contributed by atoms with Crippen molar-refractivity contribution in [1.82, 2.24) is 20.0 Å². The number of carbonyl (C=O) groups excluding carboxylic acids is 3. The van der Waals surface area contributed by atoms with Crippen LogP contribution in [0.4, 0.5) is 9.18 Å². The standard InChI is InChI=1S/C19H19FN4O3S/c1-12-9-13(2)24(22-12)11-17(25)21-7-8-23-18(26)16(28-19(23)27)10-14-5-3-4-6-15(14)20/h3-6,9-10H,7-8,11H2,1-2H3,(H,21,25). The van der Waals surface area contributed by atoms with Crippen LogP contribution in [-0.4, -0.2) is 44.8 Å². The van der Waals surface area contributed by atoms with E-state index in [4.69, 9.17) is 0 Å². The van der Waals surface area contributed by atoms with E-state index in [1.54, 1.807) is 16.8 Å². The Labute approximate surface area is 165 Å². The zero-order chi connectivity index (χ0) is 20.3. The highest BCUT2D eigenvalue weighted by Crippen LogP contribution is 2.32. The Morgan fingerprint density at radius 2 is 2.04 bits per heavy atom. The average Bonchev–Trinajstić information content (AvgIpc) is 3.09. The Morgan fingerprint density at radius 1 is 1.29 bits per heavy atom. The van der Waals surface area contributed by atoms with Crippen molar-refractivity contribution in [3.63, 3.8) is 0 Å². The van der Waals surface area contributed by atoms with E-state index in [1.807, 2.05) is 19.9 Å². The van der Waals surface area contributed by atoms with Crippen molar-refractivity contribution in [2.45, 2.75) is 20.4 Å². The molecule has 0 aliphatic carbocycles. The minimum atomic E-state index is -0.494. The first kappa shape index (κ1) is 19.8. The molecule has 1 fully saturated rings. The Hall–Kier alpha value is -2.94. The molecule has 1 aliphatic rings. The molecule has 9 heteroatoms. The number of halogens is 1. The van der Waals surface area contributed by atoms with Crippen molar-refractivity contribution in [2.24, 2.45) is 0 Å². The summed E-state index contributed by atoms with van der Waals surface area (Å²) in [5.41, 5.74) is 1.94. The van der Waals surface area contributed by atoms with Gasteiger partial charge in [-0.2, -0.15) is 5.10 Å². The number of amides is 3. The van der Waals surface area contributed by atoms with Gasteiger partial charge in [0, 0.05) is 24.3 Å². The fourth-order valence-electron chi connectivity index (χ4n) is 2.76. The molecule has 1 aliphatic heterocycles. The first-order valence-electron chi connectivity index (χ1n) is 8.63. The van der Waals surface area contributed by atoms with Crippen molar-refractivity contribution in [2.75, 3.05) is 13.1 Å². The van der Waals surface area contributed by atoms with Crippen molar-refractivity contribution in [3.8, 4) is 0 Å². The molecule has 2 heterocycles. The van der Waals surface area contributed by atoms with Crippen LogP contribution in [0.5, 0.6) is 0 Å². The Bertz CT molecular complexity index is 970. The summed E-state index contributed by atoms with van der Waals surface area (Å²) >= 11 is 0.757. The summed E-state index contributed by atoms with van der Waals surface area (Å²) in [6.07, 6.45) is 1.36. The lowest BCUT2D eigenvalue weighted by molar-refractivity contribution is -0.124. The van der Waals surface area contributed by atoms with Crippen LogP contribution in [0.1, 0.15) is 17.0 Å². The number of hydrogen-bond acceptors (Lipinski definition) is 5. The number of benzene rings is 1. The summed E-state index contributed by atoms with van der Waals surface area (Å²) in [6.45, 7) is 3.94. The van der Waals surface area contributed by atoms with Crippen molar-refractivity contribution >= 4 is 34.9 Å². The molecule has 1 aromatic heterocycles. The molecule has 1 N–H and O–H groups in total. The van der Waals surface area contributed by atoms with Crippen LogP contribution in [0.15, 0.2) is 35.2 Å². The van der Waals surface area contributed by atoms with E-state index < -0.39 is 17.0 Å². The van der Waals surface area contributed by atoms with Gasteiger partial charge in [0.25, 0.3) is 11.1 Å². The van der Waals surface area contributed by atoms with Crippen LogP contribution in [0.25, 0.3) is 6.08 Å². The van der Waals surface area contributed by atoms with Crippen LogP contribution < -0.4 is 5.32 Å². The first-order chi connectivity index (χ1) is 13.3. The monoisotopic (exact) mass is 402 g/mol. The predicted molar refractivity (Wildman–Crippen MR) is 104 cm³/mol. The fourth-order valence-corrected chi connectivity index (χ4v) is 3.62. The number of aromatic nitrogens is 2. The van der Waals surface area contributed by atoms with E-state index >= 15 is 0 Å². The van der Waals surface area contributed by atoms with Crippen LogP contribution in [-0.2, 0) is 16.1 Å². The number of nitrogens with zero attached hydrogens (tertiary/aromatic N) is 3. The summed E-state index contributed by atoms with van der Waals surface area (Å²) < 4.78 is 15.3. The number of aryl methyl sites for hydroxylation is 2. The fraction of sp³-hybridized carbons (Fsp3) is 0.263. The van der Waals surface area contributed by atoms with E-state index in [1.165, 1.54) is 18.2 Å². The van der Waals surface area contributed by atoms with Crippen molar-refractivity contribution in [1.29, 1.82) is 0 Å². The van der Waals surface area contributed by atoms with Crippen LogP contribution in [0.3, 0.4) is 0 Å². The van der Waals surface area contributed by atoms with Gasteiger partial charge in [-0.25, -0.2) is 4.39 Å². The molecular weight excluding hydrogens is 383 g/mol. The van der Waals surface area contributed by atoms with Gasteiger partial charge in [-0.3, -0.25) is 24.0 Å². The maximum Gasteiger partial charge on any atom is 0.293 e. The maximum absolute atomic E-state index is 13.7. The zero-order valence-corrected chi connectivity index (χ0v) is 16.3. The molecule has 3 amide bonds. The molecule has 0 bridgehead atoms. The number of thioether (sulfide) groups is 1. The first-order valence-corrected chi connectivity index (χ1v) is 9.44. The van der Waals surface area contributed by atoms with Gasteiger partial charge in [0.15, 0.2) is 0 Å². The van der Waals surface area contributed by atoms with Crippen LogP contribution in [0.2, 0.25) is 0 Å². The summed E-state index contributed by atoms with van der Waals surface area (Å²) in [7, 11) is 0. The Balaban J connectivity index is 1.55. The van der Waals surface area contributed by atoms with Gasteiger partial charge >= 0.3 is 0 Å². The molecule has 3 rings (SSSR count). The number of rotatable bonds is 6. The molecule has 0 atom stereocenters. The lowest BCUT2D eigenvalue weighted by Crippen LogP contribution is -2.38. The summed E-state index contributed by atoms with van der Waals surface area (Å²) in [5, 5.41) is 6.44. The Morgan fingerprint density at radius 3 is 2.71 bits per heavy atom. The minimum Gasteiger partial charge on any atom is -0.353 e. The van der Waals surface area contributed by atoms with Gasteiger partial charge in [0.1, 0.15) is 12.4 Å². The molecular formula is C19H19FN4O3S. The second-order valence-electron chi connectivity index (χ2n) is 6.29. The van der Waals surface area contributed by atoms with E-state index in [0.29, 0.717) is 0 Å². The second-order valence-corrected chi connectivity index (χ2v) is 7.28. The summed E-state index contributed by atoms with van der Waals surface area (Å²) in [5.74, 6) is -1.23. The smallest absolute Gasteiger partial charge is 0.293 e. The van der Waals surface area contributed by atoms with Gasteiger partial charge in [-0.15, -0.1) is 0 Å². The van der Waals surface area contributed by atoms with E-state index in [9.17, 15) is 18.8 Å². The van der Waals surface area contributed by atoms with E-state index in [0.717, 1.165) is 28.0 Å². The molecule has 146 valence electrons. The van der Waals surface area contributed by atoms with Crippen LogP contribution in [0, 0.1) is 19.7 Å². The summed E-state index contributed by atoms with van der Waals surface area (Å²) in [4.78, 5) is 37.7. The number of hydrogen-bond donors (Lipinski definition) is 1. The molecule has 0 saturated carbocycles. The van der Waals surface area contributed by atoms with Crippen molar-refractivity contribution < 1.29 is 18.8 Å². The predicted octanol–water partition coefficient (Wildman–Crippen LogP) is 2.49. The van der Waals surface area contributed by atoms with Gasteiger partial charge in [-0.05, 0) is 43.8 Å². The third-order valence-electron chi connectivity index (χ3n) is 4.12. The van der Waals surface area contributed by atoms with Crippen LogP contribution >= 0.6 is 11.8 Å². The highest BCUT2D eigenvalue weighted by atomic mass is 32.2. The molecule has 1 aromatic carbocycles. The quantitative estimate of drug-likeness (QED) is 0.751. The lowest BCUT2D eigenvalue weighted by Gasteiger charge is -2.13. The molecule has 7 nitrogen and oxygen atoms in total. The normalized spacial score (nSPS) is 15.5. The van der Waals surface area contributed by atoms with Gasteiger partial charge in [0.2, 0.25) is 5.91 Å². The van der Waals surface area contributed by atoms with Gasteiger partial charge in [-0.1, -0.05) is 18.2 Å². The Kier molecular flexibility index (Phi) is 5.93. The number of nitrogens with one attached hydrogen (secondary N) is 1. The maximum atomic E-state index is 13.7. The third-order valence-corrected chi connectivity index (χ3v) is 5.03. The van der Waals surface area contributed by atoms with Crippen molar-refractivity contribution in [3.05, 3.63) is 58.0 Å². The zero-order valence-electron chi connectivity index (χ0n) is 15.4. The number of carbonyl (C=O) groups is 3.